The fraction of sp³-hybridized carbons (Fsp3) is 0.600. The molecule has 7 heteroatoms. The van der Waals surface area contributed by atoms with E-state index in [0.717, 1.165) is 4.90 Å². The zero-order valence-electron chi connectivity index (χ0n) is 21.2. The molecule has 5 nitrogen and oxygen atoms in total. The summed E-state index contributed by atoms with van der Waals surface area (Å²) in [6.45, 7) is 21.3. The van der Waals surface area contributed by atoms with E-state index in [0.29, 0.717) is 34.9 Å². The summed E-state index contributed by atoms with van der Waals surface area (Å²) in [5.74, 6) is -0.391. The van der Waals surface area contributed by atoms with Gasteiger partial charge in [-0.25, -0.2) is 9.69 Å². The van der Waals surface area contributed by atoms with E-state index in [1.807, 2.05) is 6.08 Å². The third-order valence-corrected chi connectivity index (χ3v) is 10.7. The molecule has 0 bridgehead atoms. The van der Waals surface area contributed by atoms with Crippen LogP contribution in [0.3, 0.4) is 0 Å². The number of ether oxygens (including phenoxy) is 1. The molecule has 2 amide bonds. The molecule has 1 heterocycles. The summed E-state index contributed by atoms with van der Waals surface area (Å²) in [7, 11) is -1.87. The maximum atomic E-state index is 13.3. The lowest BCUT2D eigenvalue weighted by Gasteiger charge is -2.39. The Morgan fingerprint density at radius 3 is 2.22 bits per heavy atom. The Morgan fingerprint density at radius 2 is 1.69 bits per heavy atom. The Kier molecular flexibility index (Phi) is 7.45. The molecule has 2 rings (SSSR count). The number of halogens is 1. The molecule has 0 spiro atoms. The average Bonchev–Trinajstić information content (AvgIpc) is 2.86. The monoisotopic (exact) mass is 479 g/mol. The normalized spacial score (nSPS) is 16.5. The van der Waals surface area contributed by atoms with Crippen molar-refractivity contribution in [2.75, 3.05) is 11.5 Å². The highest BCUT2D eigenvalue weighted by Crippen LogP contribution is 2.41. The van der Waals surface area contributed by atoms with Crippen molar-refractivity contribution in [2.45, 2.75) is 85.5 Å². The van der Waals surface area contributed by atoms with Crippen molar-refractivity contribution >= 4 is 43.2 Å². The summed E-state index contributed by atoms with van der Waals surface area (Å²) >= 11 is 6.17. The number of amides is 2. The molecule has 0 saturated carbocycles. The lowest BCUT2D eigenvalue weighted by molar-refractivity contribution is -0.112. The molecule has 178 valence electrons. The largest absolute Gasteiger partial charge is 0.443 e. The first kappa shape index (κ1) is 26.6. The van der Waals surface area contributed by atoms with Gasteiger partial charge in [0.25, 0.3) is 5.91 Å². The summed E-state index contributed by atoms with van der Waals surface area (Å²) in [5, 5.41) is 0.587. The molecule has 0 atom stereocenters. The quantitative estimate of drug-likeness (QED) is 0.325. The lowest BCUT2D eigenvalue weighted by Crippen LogP contribution is -2.43. The van der Waals surface area contributed by atoms with Crippen LogP contribution in [0.25, 0.3) is 5.57 Å². The fourth-order valence-corrected chi connectivity index (χ4v) is 4.33. The highest BCUT2D eigenvalue weighted by Gasteiger charge is 2.40. The van der Waals surface area contributed by atoms with E-state index in [1.165, 1.54) is 0 Å². The van der Waals surface area contributed by atoms with Gasteiger partial charge in [-0.2, -0.15) is 0 Å². The molecule has 0 N–H and O–H groups in total. The molecule has 32 heavy (non-hydrogen) atoms. The number of carbonyl (C=O) groups excluding carboxylic acids is 2. The molecule has 0 saturated heterocycles. The van der Waals surface area contributed by atoms with E-state index in [1.54, 1.807) is 39.0 Å². The van der Waals surface area contributed by atoms with E-state index in [9.17, 15) is 9.59 Å². The Labute approximate surface area is 199 Å². The van der Waals surface area contributed by atoms with Crippen molar-refractivity contribution < 1.29 is 18.8 Å². The van der Waals surface area contributed by atoms with E-state index in [-0.39, 0.29) is 10.5 Å². The summed E-state index contributed by atoms with van der Waals surface area (Å²) in [6.07, 6.45) is 1.84. The molecule has 1 aliphatic rings. The second-order valence-electron chi connectivity index (χ2n) is 11.8. The topological polar surface area (TPSA) is 55.8 Å². The van der Waals surface area contributed by atoms with Gasteiger partial charge in [-0.15, -0.1) is 0 Å². The van der Waals surface area contributed by atoms with Gasteiger partial charge in [0, 0.05) is 22.8 Å². The van der Waals surface area contributed by atoms with E-state index in [2.05, 4.69) is 47.7 Å². The van der Waals surface area contributed by atoms with Crippen LogP contribution >= 0.6 is 11.6 Å². The molecule has 0 unspecified atom stereocenters. The van der Waals surface area contributed by atoms with Gasteiger partial charge < -0.3 is 9.16 Å². The SMILES string of the molecule is CC(C)(C/C=C1\C(=O)N(C(=O)OC(C)(C)C)c2cc(Cl)ccc21)CO[Si](C)(C)C(C)(C)C. The molecule has 0 aromatic heterocycles. The van der Waals surface area contributed by atoms with Crippen molar-refractivity contribution in [2.24, 2.45) is 5.41 Å². The van der Waals surface area contributed by atoms with Gasteiger partial charge in [-0.1, -0.05) is 58.4 Å². The van der Waals surface area contributed by atoms with Crippen LogP contribution in [0, 0.1) is 5.41 Å². The Hall–Kier alpha value is -1.63. The number of rotatable bonds is 5. The predicted octanol–water partition coefficient (Wildman–Crippen LogP) is 7.44. The first-order chi connectivity index (χ1) is 14.3. The second kappa shape index (κ2) is 8.96. The minimum absolute atomic E-state index is 0.134. The number of hydrogen-bond acceptors (Lipinski definition) is 4. The highest BCUT2D eigenvalue weighted by atomic mass is 35.5. The number of carbonyl (C=O) groups is 2. The minimum atomic E-state index is -1.87. The summed E-state index contributed by atoms with van der Waals surface area (Å²) in [6, 6.07) is 5.14. The Balaban J connectivity index is 2.29. The van der Waals surface area contributed by atoms with Gasteiger partial charge in [-0.3, -0.25) is 4.79 Å². The molecule has 0 radical (unpaired) electrons. The van der Waals surface area contributed by atoms with Gasteiger partial charge in [0.15, 0.2) is 8.32 Å². The van der Waals surface area contributed by atoms with Crippen molar-refractivity contribution in [1.82, 2.24) is 0 Å². The molecule has 0 fully saturated rings. The van der Waals surface area contributed by atoms with Crippen LogP contribution in [0.4, 0.5) is 10.5 Å². The van der Waals surface area contributed by atoms with Crippen LogP contribution in [0.1, 0.15) is 67.4 Å². The third kappa shape index (κ3) is 6.24. The van der Waals surface area contributed by atoms with Crippen LogP contribution in [0.2, 0.25) is 23.2 Å². The van der Waals surface area contributed by atoms with Crippen molar-refractivity contribution in [3.8, 4) is 0 Å². The molecule has 0 aliphatic carbocycles. The van der Waals surface area contributed by atoms with Crippen molar-refractivity contribution in [1.29, 1.82) is 0 Å². The van der Waals surface area contributed by atoms with Gasteiger partial charge >= 0.3 is 6.09 Å². The number of fused-ring (bicyclic) bond motifs is 1. The van der Waals surface area contributed by atoms with Crippen LogP contribution in [-0.4, -0.2) is 32.5 Å². The molecule has 1 aromatic rings. The second-order valence-corrected chi connectivity index (χ2v) is 17.1. The maximum Gasteiger partial charge on any atom is 0.422 e. The number of benzene rings is 1. The average molecular weight is 480 g/mol. The Bertz CT molecular complexity index is 923. The fourth-order valence-electron chi connectivity index (χ4n) is 2.98. The highest BCUT2D eigenvalue weighted by molar-refractivity contribution is 6.74. The van der Waals surface area contributed by atoms with Gasteiger partial charge in [-0.05, 0) is 62.9 Å². The number of nitrogens with zero attached hydrogens (tertiary/aromatic N) is 1. The Morgan fingerprint density at radius 1 is 1.09 bits per heavy atom. The van der Waals surface area contributed by atoms with Crippen LogP contribution in [-0.2, 0) is 14.0 Å². The first-order valence-corrected chi connectivity index (χ1v) is 14.3. The first-order valence-electron chi connectivity index (χ1n) is 11.1. The lowest BCUT2D eigenvalue weighted by atomic mass is 9.89. The van der Waals surface area contributed by atoms with Crippen molar-refractivity contribution in [3.63, 3.8) is 0 Å². The number of hydrogen-bond donors (Lipinski definition) is 0. The zero-order valence-corrected chi connectivity index (χ0v) is 22.9. The van der Waals surface area contributed by atoms with Gasteiger partial charge in [0.1, 0.15) is 5.60 Å². The number of allylic oxidation sites excluding steroid dienone is 1. The van der Waals surface area contributed by atoms with Crippen molar-refractivity contribution in [3.05, 3.63) is 34.9 Å². The third-order valence-electron chi connectivity index (χ3n) is 5.99. The van der Waals surface area contributed by atoms with Gasteiger partial charge in [0.2, 0.25) is 0 Å². The van der Waals surface area contributed by atoms with E-state index >= 15 is 0 Å². The zero-order chi connectivity index (χ0) is 24.7. The van der Waals surface area contributed by atoms with Crippen LogP contribution < -0.4 is 4.90 Å². The predicted molar refractivity (Wildman–Crippen MR) is 135 cm³/mol. The number of imide groups is 1. The van der Waals surface area contributed by atoms with Crippen LogP contribution in [0.15, 0.2) is 24.3 Å². The maximum absolute atomic E-state index is 13.3. The standard InChI is InChI=1S/C25H38ClNO4Si/c1-23(2,3)31-22(29)27-20-15-17(26)11-12-18(20)19(21(27)28)13-14-25(7,8)16-30-32(9,10)24(4,5)6/h11-13,15H,14,16H2,1-10H3/b19-13-. The molecule has 1 aromatic carbocycles. The molecular weight excluding hydrogens is 442 g/mol. The van der Waals surface area contributed by atoms with Gasteiger partial charge in [0.05, 0.1) is 5.69 Å². The van der Waals surface area contributed by atoms with E-state index in [4.69, 9.17) is 20.8 Å². The molecule has 1 aliphatic heterocycles. The summed E-state index contributed by atoms with van der Waals surface area (Å²) < 4.78 is 11.9. The summed E-state index contributed by atoms with van der Waals surface area (Å²) in [4.78, 5) is 27.1. The number of anilines is 1. The van der Waals surface area contributed by atoms with Crippen LogP contribution in [0.5, 0.6) is 0 Å². The van der Waals surface area contributed by atoms with E-state index < -0.39 is 25.9 Å². The molecular formula is C25H38ClNO4Si. The minimum Gasteiger partial charge on any atom is -0.443 e. The summed E-state index contributed by atoms with van der Waals surface area (Å²) in [5.41, 5.74) is 0.744. The smallest absolute Gasteiger partial charge is 0.422 e.